The number of hydrogen-bond donors (Lipinski definition) is 1. The maximum absolute atomic E-state index is 3.24. The van der Waals surface area contributed by atoms with Gasteiger partial charge in [0.1, 0.15) is 0 Å². The first-order valence-corrected chi connectivity index (χ1v) is 3.69. The first kappa shape index (κ1) is 6.39. The van der Waals surface area contributed by atoms with Gasteiger partial charge in [-0.05, 0) is 20.5 Å². The molecule has 1 nitrogen and oxygen atoms in total. The van der Waals surface area contributed by atoms with Crippen LogP contribution in [0.1, 0.15) is 13.8 Å². The Morgan fingerprint density at radius 1 is 1.50 bits per heavy atom. The van der Waals surface area contributed by atoms with Crippen LogP contribution in [-0.2, 0) is 0 Å². The highest BCUT2D eigenvalue weighted by Gasteiger charge is 1.82. The summed E-state index contributed by atoms with van der Waals surface area (Å²) in [5.41, 5.74) is 0. The minimum Gasteiger partial charge on any atom is -0.296 e. The van der Waals surface area contributed by atoms with E-state index >= 15 is 0 Å². The van der Waals surface area contributed by atoms with Gasteiger partial charge in [-0.25, -0.2) is 0 Å². The van der Waals surface area contributed by atoms with Gasteiger partial charge in [-0.3, -0.25) is 5.09 Å². The lowest BCUT2D eigenvalue weighted by atomic mass is 10.4. The molecule has 1 unspecified atom stereocenters. The van der Waals surface area contributed by atoms with E-state index in [1.807, 2.05) is 0 Å². The van der Waals surface area contributed by atoms with Crippen molar-refractivity contribution in [2.75, 3.05) is 6.66 Å². The maximum Gasteiger partial charge on any atom is 0.00444 e. The van der Waals surface area contributed by atoms with E-state index in [0.29, 0.717) is 6.04 Å². The highest BCUT2D eigenvalue weighted by Crippen LogP contribution is 1.93. The van der Waals surface area contributed by atoms with Crippen molar-refractivity contribution in [2.45, 2.75) is 19.9 Å². The summed E-state index contributed by atoms with van der Waals surface area (Å²) in [6.45, 7) is 6.44. The first-order chi connectivity index (χ1) is 2.77. The molecule has 0 amide bonds. The largest absolute Gasteiger partial charge is 0.296 e. The molecule has 1 atom stereocenters. The number of hydrogen-bond acceptors (Lipinski definition) is 1. The molecule has 1 N–H and O–H groups in total. The van der Waals surface area contributed by atoms with E-state index in [1.165, 1.54) is 0 Å². The molecule has 6 heavy (non-hydrogen) atoms. The van der Waals surface area contributed by atoms with Crippen LogP contribution in [0.3, 0.4) is 0 Å². The normalized spacial score (nSPS) is 12.0. The van der Waals surface area contributed by atoms with Crippen molar-refractivity contribution >= 4 is 8.73 Å². The maximum atomic E-state index is 3.24. The Labute approximate surface area is 41.4 Å². The average Bonchev–Trinajstić information content (AvgIpc) is 1.35. The zero-order valence-electron chi connectivity index (χ0n) is 4.58. The molecule has 0 spiro atoms. The lowest BCUT2D eigenvalue weighted by molar-refractivity contribution is 0.767. The van der Waals surface area contributed by atoms with Gasteiger partial charge in [0.15, 0.2) is 0 Å². The van der Waals surface area contributed by atoms with Crippen LogP contribution in [0.15, 0.2) is 0 Å². The molecule has 0 aliphatic carbocycles. The molecule has 0 bridgehead atoms. The minimum atomic E-state index is 0.660. The molecule has 0 fully saturated rings. The summed E-state index contributed by atoms with van der Waals surface area (Å²) in [6.07, 6.45) is 0. The van der Waals surface area contributed by atoms with Crippen molar-refractivity contribution < 1.29 is 0 Å². The molecule has 0 rings (SSSR count). The van der Waals surface area contributed by atoms with E-state index in [-0.39, 0.29) is 0 Å². The Balaban J connectivity index is 2.63. The van der Waals surface area contributed by atoms with Crippen molar-refractivity contribution in [1.82, 2.24) is 5.09 Å². The summed E-state index contributed by atoms with van der Waals surface area (Å²) in [7, 11) is 0.888. The minimum absolute atomic E-state index is 0.660. The van der Waals surface area contributed by atoms with Gasteiger partial charge in [0, 0.05) is 6.04 Å². The van der Waals surface area contributed by atoms with Gasteiger partial charge >= 0.3 is 0 Å². The van der Waals surface area contributed by atoms with Gasteiger partial charge in [-0.2, -0.15) is 0 Å². The second-order valence-electron chi connectivity index (χ2n) is 1.55. The summed E-state index contributed by atoms with van der Waals surface area (Å²) in [5, 5.41) is 3.24. The van der Waals surface area contributed by atoms with Crippen molar-refractivity contribution in [3.8, 4) is 0 Å². The van der Waals surface area contributed by atoms with Crippen molar-refractivity contribution in [1.29, 1.82) is 0 Å². The lowest BCUT2D eigenvalue weighted by Gasteiger charge is -2.00. The highest BCUT2D eigenvalue weighted by atomic mass is 31.1. The smallest absolute Gasteiger partial charge is 0.00444 e. The van der Waals surface area contributed by atoms with E-state index < -0.39 is 0 Å². The molecular formula is C4H12NP. The first-order valence-electron chi connectivity index (χ1n) is 2.19. The van der Waals surface area contributed by atoms with Crippen LogP contribution >= 0.6 is 8.73 Å². The summed E-state index contributed by atoms with van der Waals surface area (Å²) in [5.74, 6) is 0. The van der Waals surface area contributed by atoms with Gasteiger partial charge in [0.2, 0.25) is 0 Å². The van der Waals surface area contributed by atoms with Crippen LogP contribution in [0.2, 0.25) is 0 Å². The van der Waals surface area contributed by atoms with E-state index in [2.05, 4.69) is 25.6 Å². The highest BCUT2D eigenvalue weighted by molar-refractivity contribution is 7.34. The van der Waals surface area contributed by atoms with Gasteiger partial charge in [0.25, 0.3) is 0 Å². The van der Waals surface area contributed by atoms with E-state index in [0.717, 1.165) is 8.73 Å². The quantitative estimate of drug-likeness (QED) is 0.520. The molecule has 0 saturated carbocycles. The molecule has 0 aromatic rings. The zero-order valence-corrected chi connectivity index (χ0v) is 5.58. The molecule has 0 aliphatic rings. The van der Waals surface area contributed by atoms with Gasteiger partial charge in [-0.1, -0.05) is 8.73 Å². The average molecular weight is 105 g/mol. The summed E-state index contributed by atoms with van der Waals surface area (Å²) >= 11 is 0. The Bertz CT molecular complexity index is 28.7. The number of rotatable bonds is 2. The van der Waals surface area contributed by atoms with Crippen LogP contribution in [-0.4, -0.2) is 12.7 Å². The van der Waals surface area contributed by atoms with Crippen molar-refractivity contribution in [3.05, 3.63) is 0 Å². The molecule has 0 heterocycles. The third-order valence-corrected chi connectivity index (χ3v) is 1.30. The molecule has 0 aliphatic heterocycles. The standard InChI is InChI=1S/C4H12NP/c1-4(2)5-6-3/h4-6H,1-3H3. The lowest BCUT2D eigenvalue weighted by Crippen LogP contribution is -2.11. The predicted octanol–water partition coefficient (Wildman–Crippen LogP) is 1.21. The van der Waals surface area contributed by atoms with Crippen LogP contribution in [0, 0.1) is 0 Å². The second kappa shape index (κ2) is 3.58. The fourth-order valence-corrected chi connectivity index (χ4v) is 0.866. The Morgan fingerprint density at radius 2 is 2.00 bits per heavy atom. The fourth-order valence-electron chi connectivity index (χ4n) is 0.289. The monoisotopic (exact) mass is 105 g/mol. The molecule has 0 aromatic carbocycles. The van der Waals surface area contributed by atoms with Gasteiger partial charge in [-0.15, -0.1) is 0 Å². The number of nitrogens with one attached hydrogen (secondary N) is 1. The SMILES string of the molecule is CPNC(C)C. The third kappa shape index (κ3) is 4.39. The second-order valence-corrected chi connectivity index (χ2v) is 2.34. The van der Waals surface area contributed by atoms with E-state index in [9.17, 15) is 0 Å². The summed E-state index contributed by atoms with van der Waals surface area (Å²) in [4.78, 5) is 0. The molecule has 0 radical (unpaired) electrons. The van der Waals surface area contributed by atoms with Gasteiger partial charge < -0.3 is 0 Å². The van der Waals surface area contributed by atoms with Crippen molar-refractivity contribution in [2.24, 2.45) is 0 Å². The Hall–Kier alpha value is 0.390. The molecule has 0 aromatic heterocycles. The van der Waals surface area contributed by atoms with Crippen LogP contribution < -0.4 is 5.09 Å². The van der Waals surface area contributed by atoms with Crippen molar-refractivity contribution in [3.63, 3.8) is 0 Å². The van der Waals surface area contributed by atoms with E-state index in [4.69, 9.17) is 0 Å². The Kier molecular flexibility index (Phi) is 3.81. The summed E-state index contributed by atoms with van der Waals surface area (Å²) in [6, 6.07) is 0.660. The topological polar surface area (TPSA) is 12.0 Å². The van der Waals surface area contributed by atoms with E-state index in [1.54, 1.807) is 0 Å². The van der Waals surface area contributed by atoms with Crippen LogP contribution in [0.5, 0.6) is 0 Å². The Morgan fingerprint density at radius 3 is 2.00 bits per heavy atom. The molecule has 0 saturated heterocycles. The molecule has 2 heteroatoms. The summed E-state index contributed by atoms with van der Waals surface area (Å²) < 4.78 is 0. The fraction of sp³-hybridized carbons (Fsp3) is 1.00. The molecule has 38 valence electrons. The van der Waals surface area contributed by atoms with Crippen LogP contribution in [0.4, 0.5) is 0 Å². The van der Waals surface area contributed by atoms with Gasteiger partial charge in [0.05, 0.1) is 0 Å². The predicted molar refractivity (Wildman–Crippen MR) is 32.5 cm³/mol. The molecular weight excluding hydrogens is 93.0 g/mol. The van der Waals surface area contributed by atoms with Crippen LogP contribution in [0.25, 0.3) is 0 Å². The zero-order chi connectivity index (χ0) is 4.99. The third-order valence-electron chi connectivity index (χ3n) is 0.433.